The standard InChI is InChI=1S/C10H20N2.C2H6S/c1-2-8-12(9-3-1)10-4-6-11-7-5-10;1-3-2/h10-11H,1-9H2;1-2H3. The Morgan fingerprint density at radius 2 is 1.53 bits per heavy atom. The van der Waals surface area contributed by atoms with E-state index in [1.807, 2.05) is 12.5 Å². The molecule has 0 unspecified atom stereocenters. The van der Waals surface area contributed by atoms with Crippen LogP contribution in [0.25, 0.3) is 0 Å². The highest BCUT2D eigenvalue weighted by Gasteiger charge is 2.21. The highest BCUT2D eigenvalue weighted by molar-refractivity contribution is 7.97. The van der Waals surface area contributed by atoms with Crippen molar-refractivity contribution in [2.75, 3.05) is 38.7 Å². The van der Waals surface area contributed by atoms with Crippen molar-refractivity contribution >= 4 is 11.8 Å². The Labute approximate surface area is 99.2 Å². The number of rotatable bonds is 1. The van der Waals surface area contributed by atoms with Crippen molar-refractivity contribution < 1.29 is 0 Å². The zero-order chi connectivity index (χ0) is 10.9. The van der Waals surface area contributed by atoms with Crippen LogP contribution in [0, 0.1) is 0 Å². The van der Waals surface area contributed by atoms with E-state index in [0.29, 0.717) is 0 Å². The highest BCUT2D eigenvalue weighted by Crippen LogP contribution is 2.17. The third-order valence-corrected chi connectivity index (χ3v) is 3.22. The van der Waals surface area contributed by atoms with Gasteiger partial charge in [-0.15, -0.1) is 0 Å². The van der Waals surface area contributed by atoms with Crippen LogP contribution in [0.1, 0.15) is 32.1 Å². The van der Waals surface area contributed by atoms with E-state index in [1.54, 1.807) is 11.8 Å². The maximum atomic E-state index is 3.43. The van der Waals surface area contributed by atoms with Crippen LogP contribution in [0.15, 0.2) is 0 Å². The van der Waals surface area contributed by atoms with E-state index in [0.717, 1.165) is 6.04 Å². The lowest BCUT2D eigenvalue weighted by molar-refractivity contribution is 0.136. The van der Waals surface area contributed by atoms with Gasteiger partial charge in [0.25, 0.3) is 0 Å². The maximum absolute atomic E-state index is 3.43. The van der Waals surface area contributed by atoms with Crippen LogP contribution in [0.2, 0.25) is 0 Å². The van der Waals surface area contributed by atoms with Crippen LogP contribution in [-0.2, 0) is 0 Å². The molecule has 0 amide bonds. The van der Waals surface area contributed by atoms with E-state index in [4.69, 9.17) is 0 Å². The minimum Gasteiger partial charge on any atom is -0.317 e. The van der Waals surface area contributed by atoms with Gasteiger partial charge in [0.05, 0.1) is 0 Å². The second-order valence-corrected chi connectivity index (χ2v) is 5.30. The van der Waals surface area contributed by atoms with Crippen molar-refractivity contribution in [1.82, 2.24) is 10.2 Å². The van der Waals surface area contributed by atoms with Crippen LogP contribution in [0.5, 0.6) is 0 Å². The van der Waals surface area contributed by atoms with Crippen LogP contribution in [0.3, 0.4) is 0 Å². The summed E-state index contributed by atoms with van der Waals surface area (Å²) >= 11 is 1.75. The lowest BCUT2D eigenvalue weighted by Gasteiger charge is -2.36. The van der Waals surface area contributed by atoms with E-state index < -0.39 is 0 Å². The summed E-state index contributed by atoms with van der Waals surface area (Å²) in [6.07, 6.45) is 11.2. The summed E-state index contributed by atoms with van der Waals surface area (Å²) in [6.45, 7) is 5.21. The highest BCUT2D eigenvalue weighted by atomic mass is 32.2. The maximum Gasteiger partial charge on any atom is 0.0119 e. The first-order valence-electron chi connectivity index (χ1n) is 6.23. The fourth-order valence-electron chi connectivity index (χ4n) is 2.46. The largest absolute Gasteiger partial charge is 0.317 e. The Bertz CT molecular complexity index is 125. The summed E-state index contributed by atoms with van der Waals surface area (Å²) in [7, 11) is 0. The topological polar surface area (TPSA) is 15.3 Å². The second kappa shape index (κ2) is 8.43. The van der Waals surface area contributed by atoms with Crippen LogP contribution >= 0.6 is 11.8 Å². The van der Waals surface area contributed by atoms with Gasteiger partial charge >= 0.3 is 0 Å². The first-order chi connectivity index (χ1) is 7.38. The summed E-state index contributed by atoms with van der Waals surface area (Å²) < 4.78 is 0. The van der Waals surface area contributed by atoms with Crippen LogP contribution in [0.4, 0.5) is 0 Å². The SMILES string of the molecule is C1CCN(C2CCNCC2)CC1.CSC. The average molecular weight is 230 g/mol. The molecular weight excluding hydrogens is 204 g/mol. The molecule has 90 valence electrons. The predicted octanol–water partition coefficient (Wildman–Crippen LogP) is 2.20. The van der Waals surface area contributed by atoms with Gasteiger partial charge in [-0.3, -0.25) is 0 Å². The number of nitrogens with one attached hydrogen (secondary N) is 1. The molecule has 0 spiro atoms. The van der Waals surface area contributed by atoms with Crippen LogP contribution in [-0.4, -0.2) is 49.6 Å². The third kappa shape index (κ3) is 5.23. The van der Waals surface area contributed by atoms with Crippen molar-refractivity contribution in [3.8, 4) is 0 Å². The molecule has 2 nitrogen and oxygen atoms in total. The molecule has 2 rings (SSSR count). The van der Waals surface area contributed by atoms with Gasteiger partial charge in [-0.25, -0.2) is 0 Å². The summed E-state index contributed by atoms with van der Waals surface area (Å²) in [5.41, 5.74) is 0. The van der Waals surface area contributed by atoms with Gasteiger partial charge in [-0.05, 0) is 64.4 Å². The fourth-order valence-corrected chi connectivity index (χ4v) is 2.46. The van der Waals surface area contributed by atoms with Crippen molar-refractivity contribution in [3.63, 3.8) is 0 Å². The van der Waals surface area contributed by atoms with E-state index in [-0.39, 0.29) is 0 Å². The monoisotopic (exact) mass is 230 g/mol. The Morgan fingerprint density at radius 3 is 2.07 bits per heavy atom. The molecule has 0 aromatic heterocycles. The number of likely N-dealkylation sites (tertiary alicyclic amines) is 1. The molecule has 0 saturated carbocycles. The molecule has 0 atom stereocenters. The Balaban J connectivity index is 0.000000337. The van der Waals surface area contributed by atoms with Crippen molar-refractivity contribution in [3.05, 3.63) is 0 Å². The molecule has 0 aliphatic carbocycles. The molecule has 2 heterocycles. The number of hydrogen-bond donors (Lipinski definition) is 1. The van der Waals surface area contributed by atoms with E-state index >= 15 is 0 Å². The van der Waals surface area contributed by atoms with Crippen molar-refractivity contribution in [2.24, 2.45) is 0 Å². The Morgan fingerprint density at radius 1 is 1.00 bits per heavy atom. The first kappa shape index (κ1) is 13.3. The molecule has 3 heteroatoms. The van der Waals surface area contributed by atoms with Gasteiger partial charge in [-0.1, -0.05) is 6.42 Å². The van der Waals surface area contributed by atoms with Gasteiger partial charge in [0, 0.05) is 6.04 Å². The molecule has 2 aliphatic heterocycles. The summed E-state index contributed by atoms with van der Waals surface area (Å²) in [6, 6.07) is 0.909. The van der Waals surface area contributed by atoms with E-state index in [1.165, 1.54) is 58.3 Å². The molecule has 2 fully saturated rings. The van der Waals surface area contributed by atoms with Gasteiger partial charge < -0.3 is 10.2 Å². The predicted molar refractivity (Wildman–Crippen MR) is 70.8 cm³/mol. The minimum atomic E-state index is 0.909. The number of thioether (sulfide) groups is 1. The average Bonchev–Trinajstić information content (AvgIpc) is 2.32. The van der Waals surface area contributed by atoms with Gasteiger partial charge in [-0.2, -0.15) is 11.8 Å². The number of nitrogens with zero attached hydrogens (tertiary/aromatic N) is 1. The van der Waals surface area contributed by atoms with Crippen molar-refractivity contribution in [1.29, 1.82) is 0 Å². The smallest absolute Gasteiger partial charge is 0.0119 e. The lowest BCUT2D eigenvalue weighted by Crippen LogP contribution is -2.45. The van der Waals surface area contributed by atoms with Gasteiger partial charge in [0.15, 0.2) is 0 Å². The molecule has 0 radical (unpaired) electrons. The zero-order valence-corrected chi connectivity index (χ0v) is 11.1. The number of hydrogen-bond acceptors (Lipinski definition) is 3. The molecule has 0 aromatic carbocycles. The lowest BCUT2D eigenvalue weighted by atomic mass is 10.0. The normalized spacial score (nSPS) is 24.4. The van der Waals surface area contributed by atoms with E-state index in [9.17, 15) is 0 Å². The van der Waals surface area contributed by atoms with Gasteiger partial charge in [0.2, 0.25) is 0 Å². The summed E-state index contributed by atoms with van der Waals surface area (Å²) in [5, 5.41) is 3.43. The molecule has 1 N–H and O–H groups in total. The minimum absolute atomic E-state index is 0.909. The molecule has 0 bridgehead atoms. The second-order valence-electron chi connectivity index (χ2n) is 4.49. The molecule has 2 saturated heterocycles. The fraction of sp³-hybridized carbons (Fsp3) is 1.00. The Hall–Kier alpha value is 0.270. The summed E-state index contributed by atoms with van der Waals surface area (Å²) in [4.78, 5) is 2.71. The summed E-state index contributed by atoms with van der Waals surface area (Å²) in [5.74, 6) is 0. The quantitative estimate of drug-likeness (QED) is 0.743. The Kier molecular flexibility index (Phi) is 7.49. The van der Waals surface area contributed by atoms with Crippen molar-refractivity contribution in [2.45, 2.75) is 38.1 Å². The third-order valence-electron chi connectivity index (χ3n) is 3.22. The first-order valence-corrected chi connectivity index (χ1v) is 7.86. The molecule has 2 aliphatic rings. The molecular formula is C12H26N2S. The van der Waals surface area contributed by atoms with E-state index in [2.05, 4.69) is 10.2 Å². The number of piperidine rings is 2. The van der Waals surface area contributed by atoms with Gasteiger partial charge in [0.1, 0.15) is 0 Å². The zero-order valence-electron chi connectivity index (χ0n) is 10.3. The molecule has 0 aromatic rings. The molecule has 15 heavy (non-hydrogen) atoms. The van der Waals surface area contributed by atoms with Crippen LogP contribution < -0.4 is 5.32 Å².